The lowest BCUT2D eigenvalue weighted by Gasteiger charge is -2.19. The number of rotatable bonds is 8. The molecule has 3 aromatic carbocycles. The molecule has 2 heterocycles. The molecule has 8 nitrogen and oxygen atoms in total. The Labute approximate surface area is 244 Å². The number of primary amides is 1. The summed E-state index contributed by atoms with van der Waals surface area (Å²) in [5.41, 5.74) is 12.3. The van der Waals surface area contributed by atoms with Gasteiger partial charge in [-0.25, -0.2) is 4.68 Å². The number of nitrogens with zero attached hydrogens (tertiary/aromatic N) is 3. The first-order valence-electron chi connectivity index (χ1n) is 13.7. The van der Waals surface area contributed by atoms with Crippen LogP contribution in [0.5, 0.6) is 5.75 Å². The van der Waals surface area contributed by atoms with Crippen molar-refractivity contribution in [3.8, 4) is 34.0 Å². The monoisotopic (exact) mass is 559 g/mol. The first-order valence-corrected chi connectivity index (χ1v) is 13.7. The van der Waals surface area contributed by atoms with Gasteiger partial charge in [0.2, 0.25) is 5.91 Å². The van der Waals surface area contributed by atoms with E-state index in [1.165, 1.54) is 17.7 Å². The van der Waals surface area contributed by atoms with Crippen LogP contribution in [-0.4, -0.2) is 37.7 Å². The highest BCUT2D eigenvalue weighted by Crippen LogP contribution is 2.30. The zero-order valence-electron chi connectivity index (χ0n) is 23.8. The maximum absolute atomic E-state index is 13.1. The number of benzene rings is 3. The second kappa shape index (κ2) is 11.7. The summed E-state index contributed by atoms with van der Waals surface area (Å²) in [7, 11) is 0. The largest absolute Gasteiger partial charge is 0.508 e. The fourth-order valence-corrected chi connectivity index (χ4v) is 4.67. The predicted molar refractivity (Wildman–Crippen MR) is 163 cm³/mol. The number of phenolic OH excluding ortho intramolecular Hbond substituents is 1. The van der Waals surface area contributed by atoms with Gasteiger partial charge in [0.25, 0.3) is 5.91 Å². The standard InChI is InChI=1S/C34H33N5O3/c1-34(2,3)26-12-14-27(15-13-26)39-31(20-29(38-39)25-5-4-18-36-21-25)23-8-10-24(11-9-23)33(42)37-30(32(35)41)19-22-6-16-28(40)17-7-22/h4-18,20-21,30,40H,19H2,1-3H3,(H2,35,41)(H,37,42). The van der Waals surface area contributed by atoms with E-state index in [2.05, 4.69) is 55.3 Å². The Kier molecular flexibility index (Phi) is 7.88. The lowest BCUT2D eigenvalue weighted by Crippen LogP contribution is -2.45. The van der Waals surface area contributed by atoms with Crippen LogP contribution in [0.4, 0.5) is 0 Å². The van der Waals surface area contributed by atoms with Crippen molar-refractivity contribution in [2.45, 2.75) is 38.6 Å². The summed E-state index contributed by atoms with van der Waals surface area (Å²) in [5.74, 6) is -0.932. The third-order valence-corrected chi connectivity index (χ3v) is 7.11. The SMILES string of the molecule is CC(C)(C)c1ccc(-n2nc(-c3cccnc3)cc2-c2ccc(C(=O)NC(Cc3ccc(O)cc3)C(N)=O)cc2)cc1. The Morgan fingerprint density at radius 1 is 0.929 bits per heavy atom. The van der Waals surface area contributed by atoms with Crippen LogP contribution in [0, 0.1) is 0 Å². The van der Waals surface area contributed by atoms with Crippen molar-refractivity contribution in [3.63, 3.8) is 0 Å². The Hall–Kier alpha value is -5.24. The first-order chi connectivity index (χ1) is 20.1. The van der Waals surface area contributed by atoms with Gasteiger partial charge in [0.1, 0.15) is 11.8 Å². The summed E-state index contributed by atoms with van der Waals surface area (Å²) < 4.78 is 1.89. The molecule has 5 rings (SSSR count). The Morgan fingerprint density at radius 3 is 2.21 bits per heavy atom. The smallest absolute Gasteiger partial charge is 0.251 e. The molecule has 0 aliphatic carbocycles. The van der Waals surface area contributed by atoms with Gasteiger partial charge in [0.15, 0.2) is 0 Å². The highest BCUT2D eigenvalue weighted by atomic mass is 16.3. The zero-order valence-corrected chi connectivity index (χ0v) is 23.8. The van der Waals surface area contributed by atoms with Gasteiger partial charge in [-0.2, -0.15) is 5.10 Å². The number of hydrogen-bond donors (Lipinski definition) is 3. The van der Waals surface area contributed by atoms with Crippen LogP contribution in [0.15, 0.2) is 103 Å². The molecular formula is C34H33N5O3. The van der Waals surface area contributed by atoms with Crippen LogP contribution in [-0.2, 0) is 16.6 Å². The number of pyridine rings is 1. The van der Waals surface area contributed by atoms with E-state index >= 15 is 0 Å². The molecule has 0 saturated carbocycles. The molecule has 42 heavy (non-hydrogen) atoms. The van der Waals surface area contributed by atoms with Crippen LogP contribution in [0.25, 0.3) is 28.2 Å². The molecule has 0 aliphatic rings. The lowest BCUT2D eigenvalue weighted by molar-refractivity contribution is -0.119. The quantitative estimate of drug-likeness (QED) is 0.234. The number of carbonyl (C=O) groups is 2. The number of nitrogens with one attached hydrogen (secondary N) is 1. The third-order valence-electron chi connectivity index (χ3n) is 7.11. The molecule has 212 valence electrons. The minimum absolute atomic E-state index is 0.0281. The number of amides is 2. The van der Waals surface area contributed by atoms with E-state index in [4.69, 9.17) is 10.8 Å². The van der Waals surface area contributed by atoms with E-state index < -0.39 is 17.9 Å². The maximum atomic E-state index is 13.1. The molecular weight excluding hydrogens is 526 g/mol. The molecule has 0 bridgehead atoms. The van der Waals surface area contributed by atoms with E-state index in [1.54, 1.807) is 36.7 Å². The molecule has 0 radical (unpaired) electrons. The van der Waals surface area contributed by atoms with Crippen LogP contribution in [0.2, 0.25) is 0 Å². The van der Waals surface area contributed by atoms with E-state index in [9.17, 15) is 14.7 Å². The van der Waals surface area contributed by atoms with Crippen LogP contribution >= 0.6 is 0 Å². The predicted octanol–water partition coefficient (Wildman–Crippen LogP) is 5.43. The van der Waals surface area contributed by atoms with Crippen molar-refractivity contribution in [3.05, 3.63) is 120 Å². The minimum Gasteiger partial charge on any atom is -0.508 e. The molecule has 5 aromatic rings. The molecule has 0 fully saturated rings. The second-order valence-electron chi connectivity index (χ2n) is 11.2. The van der Waals surface area contributed by atoms with Crippen molar-refractivity contribution in [2.75, 3.05) is 0 Å². The van der Waals surface area contributed by atoms with Gasteiger partial charge in [0.05, 0.1) is 17.1 Å². The summed E-state index contributed by atoms with van der Waals surface area (Å²) in [4.78, 5) is 29.4. The summed E-state index contributed by atoms with van der Waals surface area (Å²) >= 11 is 0. The van der Waals surface area contributed by atoms with Gasteiger partial charge < -0.3 is 16.2 Å². The van der Waals surface area contributed by atoms with Crippen LogP contribution in [0.1, 0.15) is 42.3 Å². The maximum Gasteiger partial charge on any atom is 0.251 e. The lowest BCUT2D eigenvalue weighted by atomic mass is 9.87. The Bertz CT molecular complexity index is 1690. The van der Waals surface area contributed by atoms with Gasteiger partial charge in [0, 0.05) is 35.5 Å². The molecule has 0 aliphatic heterocycles. The topological polar surface area (TPSA) is 123 Å². The minimum atomic E-state index is -0.902. The number of nitrogens with two attached hydrogens (primary N) is 1. The van der Waals surface area contributed by atoms with Crippen molar-refractivity contribution in [2.24, 2.45) is 5.73 Å². The van der Waals surface area contributed by atoms with E-state index in [0.29, 0.717) is 5.56 Å². The van der Waals surface area contributed by atoms with Crippen LogP contribution < -0.4 is 11.1 Å². The fourth-order valence-electron chi connectivity index (χ4n) is 4.67. The summed E-state index contributed by atoms with van der Waals surface area (Å²) in [6, 6.07) is 26.9. The number of aromatic nitrogens is 3. The van der Waals surface area contributed by atoms with Crippen molar-refractivity contribution < 1.29 is 14.7 Å². The average Bonchev–Trinajstić information content (AvgIpc) is 3.44. The van der Waals surface area contributed by atoms with Crippen LogP contribution in [0.3, 0.4) is 0 Å². The molecule has 1 unspecified atom stereocenters. The van der Waals surface area contributed by atoms with Gasteiger partial charge >= 0.3 is 0 Å². The Balaban J connectivity index is 1.42. The molecule has 0 saturated heterocycles. The third kappa shape index (κ3) is 6.39. The number of phenols is 1. The fraction of sp³-hybridized carbons (Fsp3) is 0.176. The highest BCUT2D eigenvalue weighted by Gasteiger charge is 2.21. The zero-order chi connectivity index (χ0) is 29.9. The second-order valence-corrected chi connectivity index (χ2v) is 11.2. The molecule has 2 amide bonds. The number of carbonyl (C=O) groups excluding carboxylic acids is 2. The number of hydrogen-bond acceptors (Lipinski definition) is 5. The van der Waals surface area contributed by atoms with Crippen molar-refractivity contribution >= 4 is 11.8 Å². The van der Waals surface area contributed by atoms with E-state index in [1.807, 2.05) is 35.0 Å². The average molecular weight is 560 g/mol. The first kappa shape index (κ1) is 28.3. The highest BCUT2D eigenvalue weighted by molar-refractivity contribution is 5.97. The molecule has 2 aromatic heterocycles. The van der Waals surface area contributed by atoms with E-state index in [0.717, 1.165) is 33.8 Å². The molecule has 1 atom stereocenters. The van der Waals surface area contributed by atoms with Gasteiger partial charge in [-0.15, -0.1) is 0 Å². The van der Waals surface area contributed by atoms with Crippen molar-refractivity contribution in [1.29, 1.82) is 0 Å². The van der Waals surface area contributed by atoms with Crippen molar-refractivity contribution in [1.82, 2.24) is 20.1 Å². The van der Waals surface area contributed by atoms with Gasteiger partial charge in [-0.1, -0.05) is 57.2 Å². The molecule has 8 heteroatoms. The van der Waals surface area contributed by atoms with Gasteiger partial charge in [-0.05, 0) is 71.1 Å². The van der Waals surface area contributed by atoms with E-state index in [-0.39, 0.29) is 17.6 Å². The van der Waals surface area contributed by atoms with Gasteiger partial charge in [-0.3, -0.25) is 14.6 Å². The molecule has 4 N–H and O–H groups in total. The number of aromatic hydroxyl groups is 1. The summed E-state index contributed by atoms with van der Waals surface area (Å²) in [5, 5.41) is 17.2. The normalized spacial score (nSPS) is 12.1. The molecule has 0 spiro atoms. The Morgan fingerprint density at radius 2 is 1.62 bits per heavy atom. The summed E-state index contributed by atoms with van der Waals surface area (Å²) in [6.07, 6.45) is 3.72. The summed E-state index contributed by atoms with van der Waals surface area (Å²) in [6.45, 7) is 6.54.